The van der Waals surface area contributed by atoms with Gasteiger partial charge in [0.15, 0.2) is 0 Å². The topological polar surface area (TPSA) is 119 Å². The summed E-state index contributed by atoms with van der Waals surface area (Å²) in [5.41, 5.74) is 0.502. The Bertz CT molecular complexity index is 1290. The normalized spacial score (nSPS) is 12.2. The van der Waals surface area contributed by atoms with Crippen molar-refractivity contribution in [2.45, 2.75) is 25.9 Å². The number of nitrogens with one attached hydrogen (secondary N) is 1. The first-order valence-electron chi connectivity index (χ1n) is 10.2. The van der Waals surface area contributed by atoms with E-state index < -0.39 is 26.9 Å². The third kappa shape index (κ3) is 5.23. The SMILES string of the molecule is CCC(C(=O)NCc1cccc2ccccc12)N(c1cc([N+](=O)[O-])ccc1OC)S(C)(=O)=O. The third-order valence-corrected chi connectivity index (χ3v) is 6.44. The number of rotatable bonds is 9. The second-order valence-electron chi connectivity index (χ2n) is 7.45. The molecule has 3 rings (SSSR count). The van der Waals surface area contributed by atoms with Crippen LogP contribution in [0, 0.1) is 10.1 Å². The highest BCUT2D eigenvalue weighted by Crippen LogP contribution is 2.35. The zero-order valence-electron chi connectivity index (χ0n) is 18.5. The first kappa shape index (κ1) is 24.0. The van der Waals surface area contributed by atoms with Gasteiger partial charge in [-0.15, -0.1) is 0 Å². The van der Waals surface area contributed by atoms with Crippen molar-refractivity contribution in [3.05, 3.63) is 76.3 Å². The quantitative estimate of drug-likeness (QED) is 0.376. The highest BCUT2D eigenvalue weighted by Gasteiger charge is 2.34. The Hall–Kier alpha value is -3.66. The molecule has 3 aromatic carbocycles. The summed E-state index contributed by atoms with van der Waals surface area (Å²) >= 11 is 0. The number of hydrogen-bond donors (Lipinski definition) is 1. The van der Waals surface area contributed by atoms with Crippen LogP contribution in [0.2, 0.25) is 0 Å². The van der Waals surface area contributed by atoms with Gasteiger partial charge in [0.2, 0.25) is 15.9 Å². The smallest absolute Gasteiger partial charge is 0.271 e. The minimum atomic E-state index is -4.00. The number of fused-ring (bicyclic) bond motifs is 1. The first-order chi connectivity index (χ1) is 15.7. The van der Waals surface area contributed by atoms with Crippen molar-refractivity contribution in [1.29, 1.82) is 0 Å². The van der Waals surface area contributed by atoms with Gasteiger partial charge in [-0.2, -0.15) is 0 Å². The van der Waals surface area contributed by atoms with E-state index >= 15 is 0 Å². The molecule has 0 aliphatic heterocycles. The molecule has 1 N–H and O–H groups in total. The third-order valence-electron chi connectivity index (χ3n) is 5.27. The van der Waals surface area contributed by atoms with Gasteiger partial charge in [0.05, 0.1) is 18.3 Å². The molecular weight excluding hydrogens is 446 g/mol. The first-order valence-corrected chi connectivity index (χ1v) is 12.1. The van der Waals surface area contributed by atoms with Crippen LogP contribution in [0.25, 0.3) is 10.8 Å². The maximum Gasteiger partial charge on any atom is 0.271 e. The van der Waals surface area contributed by atoms with Crippen molar-refractivity contribution in [2.75, 3.05) is 17.7 Å². The molecule has 10 heteroatoms. The van der Waals surface area contributed by atoms with Crippen molar-refractivity contribution < 1.29 is 22.9 Å². The summed E-state index contributed by atoms with van der Waals surface area (Å²) in [6, 6.07) is 16.0. The van der Waals surface area contributed by atoms with Crippen LogP contribution in [0.4, 0.5) is 11.4 Å². The molecule has 1 atom stereocenters. The maximum atomic E-state index is 13.2. The maximum absolute atomic E-state index is 13.2. The van der Waals surface area contributed by atoms with Crippen LogP contribution in [-0.2, 0) is 21.4 Å². The van der Waals surface area contributed by atoms with E-state index in [0.717, 1.165) is 33.0 Å². The zero-order valence-corrected chi connectivity index (χ0v) is 19.3. The molecule has 0 heterocycles. The van der Waals surface area contributed by atoms with Gasteiger partial charge < -0.3 is 10.1 Å². The molecule has 3 aromatic rings. The number of methoxy groups -OCH3 is 1. The van der Waals surface area contributed by atoms with Crippen LogP contribution in [0.15, 0.2) is 60.7 Å². The summed E-state index contributed by atoms with van der Waals surface area (Å²) in [6.07, 6.45) is 1.09. The number of non-ortho nitro benzene ring substituents is 1. The van der Waals surface area contributed by atoms with Gasteiger partial charge in [-0.1, -0.05) is 49.4 Å². The molecule has 1 amide bonds. The van der Waals surface area contributed by atoms with E-state index in [1.54, 1.807) is 6.92 Å². The predicted octanol–water partition coefficient (Wildman–Crippen LogP) is 3.62. The summed E-state index contributed by atoms with van der Waals surface area (Å²) in [4.78, 5) is 23.8. The van der Waals surface area contributed by atoms with Crippen LogP contribution < -0.4 is 14.4 Å². The predicted molar refractivity (Wildman–Crippen MR) is 127 cm³/mol. The Morgan fingerprint density at radius 2 is 1.85 bits per heavy atom. The van der Waals surface area contributed by atoms with E-state index in [2.05, 4.69) is 5.32 Å². The largest absolute Gasteiger partial charge is 0.495 e. The van der Waals surface area contributed by atoms with Crippen molar-refractivity contribution in [1.82, 2.24) is 5.32 Å². The van der Waals surface area contributed by atoms with Gasteiger partial charge >= 0.3 is 0 Å². The number of anilines is 1. The van der Waals surface area contributed by atoms with Gasteiger partial charge in [0.1, 0.15) is 17.5 Å². The van der Waals surface area contributed by atoms with Gasteiger partial charge in [0, 0.05) is 18.7 Å². The standard InChI is InChI=1S/C23H25N3O6S/c1-4-20(23(27)24-15-17-10-7-9-16-8-5-6-11-19(16)17)25(33(3,30)31)21-14-18(26(28)29)12-13-22(21)32-2/h5-14,20H,4,15H2,1-3H3,(H,24,27). The van der Waals surface area contributed by atoms with E-state index in [-0.39, 0.29) is 30.1 Å². The highest BCUT2D eigenvalue weighted by atomic mass is 32.2. The Kier molecular flexibility index (Phi) is 7.17. The van der Waals surface area contributed by atoms with Gasteiger partial charge in [0.25, 0.3) is 5.69 Å². The number of amides is 1. The van der Waals surface area contributed by atoms with Crippen molar-refractivity contribution in [3.63, 3.8) is 0 Å². The molecule has 0 spiro atoms. The Morgan fingerprint density at radius 3 is 2.48 bits per heavy atom. The van der Waals surface area contributed by atoms with Crippen molar-refractivity contribution in [2.24, 2.45) is 0 Å². The van der Waals surface area contributed by atoms with Crippen molar-refractivity contribution in [3.8, 4) is 5.75 Å². The van der Waals surface area contributed by atoms with E-state index in [9.17, 15) is 23.3 Å². The van der Waals surface area contributed by atoms with Crippen LogP contribution in [0.5, 0.6) is 5.75 Å². The number of carbonyl (C=O) groups is 1. The summed E-state index contributed by atoms with van der Waals surface area (Å²) in [5.74, 6) is -0.421. The van der Waals surface area contributed by atoms with Crippen LogP contribution in [0.3, 0.4) is 0 Å². The fraction of sp³-hybridized carbons (Fsp3) is 0.261. The lowest BCUT2D eigenvalue weighted by atomic mass is 10.0. The minimum Gasteiger partial charge on any atom is -0.495 e. The summed E-state index contributed by atoms with van der Waals surface area (Å²) in [7, 11) is -2.67. The zero-order chi connectivity index (χ0) is 24.2. The van der Waals surface area contributed by atoms with E-state index in [4.69, 9.17) is 4.74 Å². The molecule has 174 valence electrons. The monoisotopic (exact) mass is 471 g/mol. The number of sulfonamides is 1. The molecule has 0 aliphatic carbocycles. The van der Waals surface area contributed by atoms with Crippen LogP contribution in [-0.4, -0.2) is 38.7 Å². The van der Waals surface area contributed by atoms with Gasteiger partial charge in [-0.25, -0.2) is 8.42 Å². The average molecular weight is 472 g/mol. The molecule has 0 fully saturated rings. The molecular formula is C23H25N3O6S. The number of carbonyl (C=O) groups excluding carboxylic acids is 1. The highest BCUT2D eigenvalue weighted by molar-refractivity contribution is 7.92. The Labute approximate surface area is 192 Å². The Morgan fingerprint density at radius 1 is 1.15 bits per heavy atom. The lowest BCUT2D eigenvalue weighted by molar-refractivity contribution is -0.384. The number of hydrogen-bond acceptors (Lipinski definition) is 6. The molecule has 1 unspecified atom stereocenters. The van der Waals surface area contributed by atoms with Crippen LogP contribution in [0.1, 0.15) is 18.9 Å². The molecule has 9 nitrogen and oxygen atoms in total. The number of benzene rings is 3. The molecule has 0 aliphatic rings. The lowest BCUT2D eigenvalue weighted by Crippen LogP contribution is -2.49. The summed E-state index contributed by atoms with van der Waals surface area (Å²) in [6.45, 7) is 1.87. The fourth-order valence-corrected chi connectivity index (χ4v) is 4.95. The van der Waals surface area contributed by atoms with Gasteiger partial charge in [-0.3, -0.25) is 19.2 Å². The second kappa shape index (κ2) is 9.86. The second-order valence-corrected chi connectivity index (χ2v) is 9.31. The Balaban J connectivity index is 1.96. The molecule has 33 heavy (non-hydrogen) atoms. The minimum absolute atomic E-state index is 0.0682. The number of nitro benzene ring substituents is 1. The summed E-state index contributed by atoms with van der Waals surface area (Å²) in [5, 5.41) is 16.1. The molecule has 0 aromatic heterocycles. The molecule has 0 radical (unpaired) electrons. The number of nitro groups is 1. The van der Waals surface area contributed by atoms with Crippen LogP contribution >= 0.6 is 0 Å². The van der Waals surface area contributed by atoms with Crippen molar-refractivity contribution >= 4 is 38.1 Å². The number of ether oxygens (including phenoxy) is 1. The van der Waals surface area contributed by atoms with Gasteiger partial charge in [-0.05, 0) is 28.8 Å². The fourth-order valence-electron chi connectivity index (χ4n) is 3.75. The average Bonchev–Trinajstić information content (AvgIpc) is 2.79. The molecule has 0 bridgehead atoms. The van der Waals surface area contributed by atoms with E-state index in [1.807, 2.05) is 42.5 Å². The van der Waals surface area contributed by atoms with E-state index in [1.165, 1.54) is 19.2 Å². The van der Waals surface area contributed by atoms with E-state index in [0.29, 0.717) is 0 Å². The lowest BCUT2D eigenvalue weighted by Gasteiger charge is -2.31. The molecule has 0 saturated carbocycles. The molecule has 0 saturated heterocycles. The summed E-state index contributed by atoms with van der Waals surface area (Å²) < 4.78 is 31.6. The number of nitrogens with zero attached hydrogens (tertiary/aromatic N) is 2.